The number of hydrogen-bond donors (Lipinski definition) is 0. The van der Waals surface area contributed by atoms with Crippen LogP contribution in [0.3, 0.4) is 0 Å². The molecular formula is C23H20F4. The summed E-state index contributed by atoms with van der Waals surface area (Å²) in [4.78, 5) is 0. The lowest BCUT2D eigenvalue weighted by molar-refractivity contribution is 0.374. The number of allylic oxidation sites excluding steroid dienone is 2. The minimum absolute atomic E-state index is 0.142. The van der Waals surface area contributed by atoms with Gasteiger partial charge in [-0.05, 0) is 80.3 Å². The van der Waals surface area contributed by atoms with Crippen LogP contribution in [0, 0.1) is 41.0 Å². The second-order valence-electron chi connectivity index (χ2n) is 6.88. The van der Waals surface area contributed by atoms with Gasteiger partial charge < -0.3 is 0 Å². The summed E-state index contributed by atoms with van der Waals surface area (Å²) in [6, 6.07) is 5.78. The maximum absolute atomic E-state index is 14.4. The van der Waals surface area contributed by atoms with Gasteiger partial charge in [0.05, 0.1) is 5.56 Å². The molecule has 0 N–H and O–H groups in total. The lowest BCUT2D eigenvalue weighted by Gasteiger charge is -2.27. The van der Waals surface area contributed by atoms with Crippen LogP contribution in [0.2, 0.25) is 0 Å². The van der Waals surface area contributed by atoms with Gasteiger partial charge in [0, 0.05) is 5.56 Å². The molecule has 1 saturated carbocycles. The Morgan fingerprint density at radius 2 is 1.48 bits per heavy atom. The molecule has 1 aliphatic rings. The SMILES string of the molecule is CC=CC1CCC(c2cc(F)c(C#Cc3ccc(F)c(F)c3)c(F)c2)CC1. The van der Waals surface area contributed by atoms with E-state index in [-0.39, 0.29) is 17.0 Å². The zero-order chi connectivity index (χ0) is 19.4. The van der Waals surface area contributed by atoms with Crippen LogP contribution >= 0.6 is 0 Å². The van der Waals surface area contributed by atoms with Gasteiger partial charge in [-0.3, -0.25) is 0 Å². The summed E-state index contributed by atoms with van der Waals surface area (Å²) in [5.41, 5.74) is 0.451. The van der Waals surface area contributed by atoms with Crippen molar-refractivity contribution in [3.8, 4) is 11.8 Å². The van der Waals surface area contributed by atoms with E-state index < -0.39 is 23.3 Å². The predicted molar refractivity (Wildman–Crippen MR) is 98.2 cm³/mol. The van der Waals surface area contributed by atoms with E-state index in [4.69, 9.17) is 0 Å². The summed E-state index contributed by atoms with van der Waals surface area (Å²) >= 11 is 0. The fourth-order valence-electron chi connectivity index (χ4n) is 3.57. The van der Waals surface area contributed by atoms with Crippen LogP contribution in [0.25, 0.3) is 0 Å². The lowest BCUT2D eigenvalue weighted by Crippen LogP contribution is -2.12. The Bertz CT molecular complexity index is 887. The molecule has 1 fully saturated rings. The molecular weight excluding hydrogens is 352 g/mol. The number of halogens is 4. The predicted octanol–water partition coefficient (Wildman–Crippen LogP) is 6.49. The average molecular weight is 372 g/mol. The van der Waals surface area contributed by atoms with Crippen molar-refractivity contribution >= 4 is 0 Å². The van der Waals surface area contributed by atoms with Crippen LogP contribution in [0.1, 0.15) is 55.2 Å². The van der Waals surface area contributed by atoms with Crippen LogP contribution < -0.4 is 0 Å². The summed E-state index contributed by atoms with van der Waals surface area (Å²) in [5, 5.41) is 0. The highest BCUT2D eigenvalue weighted by Gasteiger charge is 2.22. The monoisotopic (exact) mass is 372 g/mol. The van der Waals surface area contributed by atoms with Crippen molar-refractivity contribution in [2.75, 3.05) is 0 Å². The molecule has 1 aliphatic carbocycles. The van der Waals surface area contributed by atoms with Gasteiger partial charge in [-0.2, -0.15) is 0 Å². The maximum atomic E-state index is 14.4. The summed E-state index contributed by atoms with van der Waals surface area (Å²) in [6.07, 6.45) is 8.05. The molecule has 0 aromatic heterocycles. The molecule has 0 atom stereocenters. The van der Waals surface area contributed by atoms with E-state index in [1.54, 1.807) is 0 Å². The van der Waals surface area contributed by atoms with E-state index in [2.05, 4.69) is 17.9 Å². The molecule has 2 aromatic carbocycles. The fraction of sp³-hybridized carbons (Fsp3) is 0.304. The Labute approximate surface area is 156 Å². The molecule has 0 amide bonds. The largest absolute Gasteiger partial charge is 0.206 e. The molecule has 0 bridgehead atoms. The topological polar surface area (TPSA) is 0 Å². The van der Waals surface area contributed by atoms with E-state index in [1.165, 1.54) is 18.2 Å². The standard InChI is InChI=1S/C23H20F4/c1-2-3-15-4-8-17(9-5-15)18-13-21(25)19(22(26)14-18)10-6-16-7-11-20(24)23(27)12-16/h2-3,7,11-15,17H,4-5,8-9H2,1H3. The zero-order valence-electron chi connectivity index (χ0n) is 15.0. The van der Waals surface area contributed by atoms with Gasteiger partial charge in [0.1, 0.15) is 11.6 Å². The molecule has 27 heavy (non-hydrogen) atoms. The molecule has 140 valence electrons. The number of benzene rings is 2. The van der Waals surface area contributed by atoms with E-state index in [0.29, 0.717) is 11.5 Å². The summed E-state index contributed by atoms with van der Waals surface area (Å²) in [7, 11) is 0. The molecule has 0 saturated heterocycles. The lowest BCUT2D eigenvalue weighted by atomic mass is 9.78. The van der Waals surface area contributed by atoms with Gasteiger partial charge in [0.15, 0.2) is 11.6 Å². The smallest absolute Gasteiger partial charge is 0.160 e. The van der Waals surface area contributed by atoms with Crippen molar-refractivity contribution in [2.45, 2.75) is 38.5 Å². The first-order valence-corrected chi connectivity index (χ1v) is 9.06. The summed E-state index contributed by atoms with van der Waals surface area (Å²) in [6.45, 7) is 2.00. The zero-order valence-corrected chi connectivity index (χ0v) is 15.0. The molecule has 3 rings (SSSR count). The molecule has 0 unspecified atom stereocenters. The van der Waals surface area contributed by atoms with Gasteiger partial charge in [0.25, 0.3) is 0 Å². The van der Waals surface area contributed by atoms with Crippen LogP contribution in [-0.2, 0) is 0 Å². The molecule has 0 heterocycles. The third-order valence-corrected chi connectivity index (χ3v) is 5.02. The molecule has 0 radical (unpaired) electrons. The quantitative estimate of drug-likeness (QED) is 0.321. The molecule has 4 heteroatoms. The van der Waals surface area contributed by atoms with Crippen molar-refractivity contribution in [3.05, 3.63) is 82.4 Å². The first kappa shape index (κ1) is 19.2. The summed E-state index contributed by atoms with van der Waals surface area (Å²) in [5.74, 6) is 2.08. The second kappa shape index (κ2) is 8.43. The highest BCUT2D eigenvalue weighted by molar-refractivity contribution is 5.45. The van der Waals surface area contributed by atoms with E-state index in [0.717, 1.165) is 37.8 Å². The average Bonchev–Trinajstić information content (AvgIpc) is 2.64. The highest BCUT2D eigenvalue weighted by Crippen LogP contribution is 2.37. The van der Waals surface area contributed by atoms with Crippen molar-refractivity contribution in [1.82, 2.24) is 0 Å². The molecule has 2 aromatic rings. The van der Waals surface area contributed by atoms with Crippen LogP contribution in [0.4, 0.5) is 17.6 Å². The van der Waals surface area contributed by atoms with Crippen LogP contribution in [-0.4, -0.2) is 0 Å². The molecule has 0 nitrogen and oxygen atoms in total. The van der Waals surface area contributed by atoms with Crippen molar-refractivity contribution < 1.29 is 17.6 Å². The first-order chi connectivity index (χ1) is 13.0. The van der Waals surface area contributed by atoms with E-state index in [9.17, 15) is 17.6 Å². The Morgan fingerprint density at radius 1 is 0.815 bits per heavy atom. The van der Waals surface area contributed by atoms with Gasteiger partial charge in [0.2, 0.25) is 0 Å². The van der Waals surface area contributed by atoms with E-state index >= 15 is 0 Å². The molecule has 0 spiro atoms. The van der Waals surface area contributed by atoms with Gasteiger partial charge in [-0.15, -0.1) is 0 Å². The van der Waals surface area contributed by atoms with Gasteiger partial charge >= 0.3 is 0 Å². The van der Waals surface area contributed by atoms with E-state index in [1.807, 2.05) is 13.0 Å². The Kier molecular flexibility index (Phi) is 6.01. The van der Waals surface area contributed by atoms with Crippen molar-refractivity contribution in [3.63, 3.8) is 0 Å². The first-order valence-electron chi connectivity index (χ1n) is 9.06. The third kappa shape index (κ3) is 4.60. The Balaban J connectivity index is 1.80. The highest BCUT2D eigenvalue weighted by atomic mass is 19.2. The number of rotatable bonds is 2. The van der Waals surface area contributed by atoms with Crippen molar-refractivity contribution in [1.29, 1.82) is 0 Å². The van der Waals surface area contributed by atoms with Crippen molar-refractivity contribution in [2.24, 2.45) is 5.92 Å². The van der Waals surface area contributed by atoms with Crippen LogP contribution in [0.15, 0.2) is 42.5 Å². The van der Waals surface area contributed by atoms with Gasteiger partial charge in [-0.1, -0.05) is 24.0 Å². The Hall–Kier alpha value is -2.54. The molecule has 0 aliphatic heterocycles. The minimum atomic E-state index is -1.05. The normalized spacial score (nSPS) is 19.7. The summed E-state index contributed by atoms with van der Waals surface area (Å²) < 4.78 is 55.0. The third-order valence-electron chi connectivity index (χ3n) is 5.02. The minimum Gasteiger partial charge on any atom is -0.206 e. The fourth-order valence-corrected chi connectivity index (χ4v) is 3.57. The second-order valence-corrected chi connectivity index (χ2v) is 6.88. The van der Waals surface area contributed by atoms with Gasteiger partial charge in [-0.25, -0.2) is 17.6 Å². The number of hydrogen-bond acceptors (Lipinski definition) is 0. The maximum Gasteiger partial charge on any atom is 0.160 e. The van der Waals surface area contributed by atoms with Crippen LogP contribution in [0.5, 0.6) is 0 Å². The Morgan fingerprint density at radius 3 is 2.07 bits per heavy atom.